The normalized spacial score (nSPS) is 14.4. The number of hydrogen-bond donors (Lipinski definition) is 1. The maximum absolute atomic E-state index is 9.06. The Kier molecular flexibility index (Phi) is 4.65. The van der Waals surface area contributed by atoms with Crippen LogP contribution in [0.2, 0.25) is 0 Å². The van der Waals surface area contributed by atoms with E-state index >= 15 is 0 Å². The second-order valence-corrected chi connectivity index (χ2v) is 5.58. The van der Waals surface area contributed by atoms with Crippen LogP contribution in [0.3, 0.4) is 0 Å². The fourth-order valence-corrected chi connectivity index (χ4v) is 2.85. The van der Waals surface area contributed by atoms with Crippen LogP contribution in [0.15, 0.2) is 59.8 Å². The average Bonchev–Trinajstić information content (AvgIpc) is 3.06. The molecule has 0 radical (unpaired) electrons. The molecule has 0 saturated heterocycles. The first kappa shape index (κ1) is 16.1. The van der Waals surface area contributed by atoms with Gasteiger partial charge in [0.05, 0.1) is 0 Å². The van der Waals surface area contributed by atoms with E-state index in [0.29, 0.717) is 5.69 Å². The number of nitriles is 3. The summed E-state index contributed by atoms with van der Waals surface area (Å²) in [6.45, 7) is 0. The first-order chi connectivity index (χ1) is 12.2. The van der Waals surface area contributed by atoms with Crippen LogP contribution in [0, 0.1) is 34.0 Å². The maximum atomic E-state index is 9.06. The molecule has 25 heavy (non-hydrogen) atoms. The third-order valence-electron chi connectivity index (χ3n) is 4.07. The number of hydrogen-bond acceptors (Lipinski definition) is 5. The Morgan fingerprint density at radius 3 is 2.36 bits per heavy atom. The average molecular weight is 326 g/mol. The molecule has 120 valence electrons. The zero-order valence-corrected chi connectivity index (χ0v) is 13.4. The highest BCUT2D eigenvalue weighted by atomic mass is 16.5. The highest BCUT2D eigenvalue weighted by Gasteiger charge is 2.23. The lowest BCUT2D eigenvalue weighted by Crippen LogP contribution is -2.04. The van der Waals surface area contributed by atoms with Crippen molar-refractivity contribution < 1.29 is 4.74 Å². The number of aryl methyl sites for hydroxylation is 1. The molecule has 3 rings (SSSR count). The van der Waals surface area contributed by atoms with E-state index < -0.39 is 0 Å². The summed E-state index contributed by atoms with van der Waals surface area (Å²) in [6, 6.07) is 20.6. The lowest BCUT2D eigenvalue weighted by atomic mass is 10.1. The predicted molar refractivity (Wildman–Crippen MR) is 92.1 cm³/mol. The van der Waals surface area contributed by atoms with Gasteiger partial charge >= 0.3 is 0 Å². The molecule has 0 bridgehead atoms. The van der Waals surface area contributed by atoms with Gasteiger partial charge in [-0.2, -0.15) is 15.8 Å². The minimum atomic E-state index is -0.245. The molecule has 0 amide bonds. The van der Waals surface area contributed by atoms with Gasteiger partial charge in [-0.1, -0.05) is 24.3 Å². The number of nitrogens with one attached hydrogen (secondary N) is 1. The lowest BCUT2D eigenvalue weighted by molar-refractivity contribution is 0.207. The van der Waals surface area contributed by atoms with E-state index in [1.54, 1.807) is 36.4 Å². The van der Waals surface area contributed by atoms with Gasteiger partial charge in [0, 0.05) is 5.69 Å². The Morgan fingerprint density at radius 2 is 1.68 bits per heavy atom. The van der Waals surface area contributed by atoms with Crippen molar-refractivity contribution in [1.82, 2.24) is 0 Å². The standard InChI is InChI=1S/C20H14N4O/c21-11-15(12-22)19(13-23)24-16-6-8-17(9-7-16)25-20-10-5-14-3-1-2-4-18(14)20/h1-4,6-9,20,24H,5,10H2. The van der Waals surface area contributed by atoms with Gasteiger partial charge in [-0.25, -0.2) is 0 Å². The molecular formula is C20H14N4O. The smallest absolute Gasteiger partial charge is 0.163 e. The molecule has 0 saturated carbocycles. The summed E-state index contributed by atoms with van der Waals surface area (Å²) in [6.07, 6.45) is 2.02. The van der Waals surface area contributed by atoms with Crippen molar-refractivity contribution in [2.24, 2.45) is 0 Å². The molecule has 1 aliphatic rings. The number of allylic oxidation sites excluding steroid dienone is 2. The Labute approximate surface area is 146 Å². The van der Waals surface area contributed by atoms with Gasteiger partial charge in [0.1, 0.15) is 35.8 Å². The van der Waals surface area contributed by atoms with Crippen molar-refractivity contribution in [3.8, 4) is 24.0 Å². The summed E-state index contributed by atoms with van der Waals surface area (Å²) in [4.78, 5) is 0. The van der Waals surface area contributed by atoms with E-state index in [1.807, 2.05) is 18.2 Å². The molecular weight excluding hydrogens is 312 g/mol. The summed E-state index contributed by atoms with van der Waals surface area (Å²) < 4.78 is 6.07. The van der Waals surface area contributed by atoms with Crippen LogP contribution < -0.4 is 10.1 Å². The van der Waals surface area contributed by atoms with E-state index in [2.05, 4.69) is 17.4 Å². The Bertz CT molecular complexity index is 923. The second kappa shape index (κ2) is 7.21. The van der Waals surface area contributed by atoms with Crippen molar-refractivity contribution >= 4 is 5.69 Å². The van der Waals surface area contributed by atoms with Crippen molar-refractivity contribution in [3.63, 3.8) is 0 Å². The predicted octanol–water partition coefficient (Wildman–Crippen LogP) is 3.99. The number of nitrogens with zero attached hydrogens (tertiary/aromatic N) is 3. The first-order valence-corrected chi connectivity index (χ1v) is 7.81. The number of anilines is 1. The van der Waals surface area contributed by atoms with E-state index in [4.69, 9.17) is 20.5 Å². The van der Waals surface area contributed by atoms with Crippen LogP contribution in [0.4, 0.5) is 5.69 Å². The van der Waals surface area contributed by atoms with Crippen molar-refractivity contribution in [1.29, 1.82) is 15.8 Å². The van der Waals surface area contributed by atoms with Crippen molar-refractivity contribution in [3.05, 3.63) is 70.9 Å². The quantitative estimate of drug-likeness (QED) is 0.858. The van der Waals surface area contributed by atoms with Gasteiger partial charge in [0.2, 0.25) is 0 Å². The highest BCUT2D eigenvalue weighted by molar-refractivity contribution is 5.59. The molecule has 1 aliphatic carbocycles. The summed E-state index contributed by atoms with van der Waals surface area (Å²) in [5, 5.41) is 29.5. The summed E-state index contributed by atoms with van der Waals surface area (Å²) >= 11 is 0. The minimum Gasteiger partial charge on any atom is -0.486 e. The zero-order valence-electron chi connectivity index (χ0n) is 13.4. The van der Waals surface area contributed by atoms with Crippen LogP contribution >= 0.6 is 0 Å². The minimum absolute atomic E-state index is 0.0494. The van der Waals surface area contributed by atoms with Gasteiger partial charge in [-0.3, -0.25) is 0 Å². The van der Waals surface area contributed by atoms with E-state index in [-0.39, 0.29) is 17.4 Å². The Balaban J connectivity index is 1.72. The molecule has 0 spiro atoms. The molecule has 5 heteroatoms. The van der Waals surface area contributed by atoms with Crippen LogP contribution in [0.1, 0.15) is 23.7 Å². The van der Waals surface area contributed by atoms with Crippen LogP contribution in [-0.4, -0.2) is 0 Å². The molecule has 0 aliphatic heterocycles. The van der Waals surface area contributed by atoms with E-state index in [1.165, 1.54) is 11.1 Å². The van der Waals surface area contributed by atoms with Gasteiger partial charge in [-0.15, -0.1) is 0 Å². The number of rotatable bonds is 4. The molecule has 0 heterocycles. The third-order valence-corrected chi connectivity index (χ3v) is 4.07. The lowest BCUT2D eigenvalue weighted by Gasteiger charge is -2.15. The van der Waals surface area contributed by atoms with Crippen molar-refractivity contribution in [2.45, 2.75) is 18.9 Å². The van der Waals surface area contributed by atoms with Gasteiger partial charge in [0.15, 0.2) is 5.57 Å². The number of ether oxygens (including phenoxy) is 1. The topological polar surface area (TPSA) is 92.6 Å². The SMILES string of the molecule is N#CC(C#N)=C(C#N)Nc1ccc(OC2CCc3ccccc32)cc1. The maximum Gasteiger partial charge on any atom is 0.163 e. The number of fused-ring (bicyclic) bond motifs is 1. The second-order valence-electron chi connectivity index (χ2n) is 5.58. The van der Waals surface area contributed by atoms with Crippen LogP contribution in [0.5, 0.6) is 5.75 Å². The Morgan fingerprint density at radius 1 is 0.960 bits per heavy atom. The highest BCUT2D eigenvalue weighted by Crippen LogP contribution is 2.35. The molecule has 5 nitrogen and oxygen atoms in total. The zero-order chi connectivity index (χ0) is 17.6. The van der Waals surface area contributed by atoms with Gasteiger partial charge < -0.3 is 10.1 Å². The molecule has 0 aromatic heterocycles. The van der Waals surface area contributed by atoms with E-state index in [0.717, 1.165) is 18.6 Å². The summed E-state index contributed by atoms with van der Waals surface area (Å²) in [5.74, 6) is 0.732. The molecule has 2 aromatic carbocycles. The molecule has 0 fully saturated rings. The summed E-state index contributed by atoms with van der Waals surface area (Å²) in [7, 11) is 0. The molecule has 2 aromatic rings. The van der Waals surface area contributed by atoms with Crippen LogP contribution in [-0.2, 0) is 6.42 Å². The van der Waals surface area contributed by atoms with Crippen LogP contribution in [0.25, 0.3) is 0 Å². The molecule has 1 atom stereocenters. The van der Waals surface area contributed by atoms with Gasteiger partial charge in [-0.05, 0) is 48.2 Å². The van der Waals surface area contributed by atoms with E-state index in [9.17, 15) is 0 Å². The fourth-order valence-electron chi connectivity index (χ4n) is 2.85. The largest absolute Gasteiger partial charge is 0.486 e. The summed E-state index contributed by atoms with van der Waals surface area (Å²) in [5.41, 5.74) is 2.86. The Hall–Kier alpha value is -3.75. The first-order valence-electron chi connectivity index (χ1n) is 7.81. The third kappa shape index (κ3) is 3.44. The monoisotopic (exact) mass is 326 g/mol. The molecule has 1 unspecified atom stereocenters. The van der Waals surface area contributed by atoms with Crippen molar-refractivity contribution in [2.75, 3.05) is 5.32 Å². The molecule has 1 N–H and O–H groups in total. The fraction of sp³-hybridized carbons (Fsp3) is 0.150. The number of benzene rings is 2. The van der Waals surface area contributed by atoms with Gasteiger partial charge in [0.25, 0.3) is 0 Å².